The summed E-state index contributed by atoms with van der Waals surface area (Å²) in [5.74, 6) is 1.25. The molecule has 1 fully saturated rings. The zero-order chi connectivity index (χ0) is 21.8. The monoisotopic (exact) mass is 458 g/mol. The number of nitrogens with zero attached hydrogens (tertiary/aromatic N) is 1. The molecular formula is C23H23ClN2O4S. The molecule has 3 aromatic carbocycles. The fourth-order valence-corrected chi connectivity index (χ4v) is 5.18. The topological polar surface area (TPSA) is 67.9 Å². The van der Waals surface area contributed by atoms with Crippen molar-refractivity contribution in [1.82, 2.24) is 9.79 Å². The van der Waals surface area contributed by atoms with Gasteiger partial charge in [-0.1, -0.05) is 54.1 Å². The lowest BCUT2D eigenvalue weighted by Gasteiger charge is -2.23. The number of hydroxylamine groups is 2. The molecule has 1 saturated heterocycles. The lowest BCUT2D eigenvalue weighted by Crippen LogP contribution is -2.39. The maximum absolute atomic E-state index is 13.1. The van der Waals surface area contributed by atoms with E-state index in [0.29, 0.717) is 16.5 Å². The highest BCUT2D eigenvalue weighted by molar-refractivity contribution is 7.90. The third-order valence-electron chi connectivity index (χ3n) is 5.15. The standard InChI is InChI=1S/C23H23ClN2O4S/c1-26-23(18-8-5-9-21(14-18)30-20-12-10-19(24)11-13-20)22(16-29-26)31(27,28)25-15-17-6-3-2-4-7-17/h2-14,22-23,25H,15-16H2,1H3. The average molecular weight is 459 g/mol. The molecule has 162 valence electrons. The van der Waals surface area contributed by atoms with Crippen molar-refractivity contribution in [2.45, 2.75) is 17.8 Å². The molecule has 0 saturated carbocycles. The van der Waals surface area contributed by atoms with E-state index in [1.165, 1.54) is 0 Å². The molecule has 0 amide bonds. The average Bonchev–Trinajstić information content (AvgIpc) is 3.17. The number of rotatable bonds is 7. The third-order valence-corrected chi connectivity index (χ3v) is 7.14. The van der Waals surface area contributed by atoms with Crippen molar-refractivity contribution in [3.8, 4) is 11.5 Å². The molecule has 0 bridgehead atoms. The highest BCUT2D eigenvalue weighted by Gasteiger charge is 2.43. The summed E-state index contributed by atoms with van der Waals surface area (Å²) in [4.78, 5) is 5.60. The summed E-state index contributed by atoms with van der Waals surface area (Å²) in [6.07, 6.45) is 0. The van der Waals surface area contributed by atoms with Crippen LogP contribution < -0.4 is 9.46 Å². The van der Waals surface area contributed by atoms with Crippen molar-refractivity contribution < 1.29 is 18.0 Å². The van der Waals surface area contributed by atoms with Gasteiger partial charge in [-0.2, -0.15) is 5.06 Å². The molecule has 6 nitrogen and oxygen atoms in total. The molecule has 1 aliphatic rings. The minimum Gasteiger partial charge on any atom is -0.457 e. The van der Waals surface area contributed by atoms with Gasteiger partial charge in [-0.05, 0) is 47.5 Å². The molecule has 2 unspecified atom stereocenters. The van der Waals surface area contributed by atoms with Crippen molar-refractivity contribution in [2.24, 2.45) is 0 Å². The maximum atomic E-state index is 13.1. The summed E-state index contributed by atoms with van der Waals surface area (Å²) < 4.78 is 34.8. The summed E-state index contributed by atoms with van der Waals surface area (Å²) in [5.41, 5.74) is 1.69. The van der Waals surface area contributed by atoms with Crippen LogP contribution in [0.15, 0.2) is 78.9 Å². The van der Waals surface area contributed by atoms with Crippen LogP contribution in [0.1, 0.15) is 17.2 Å². The largest absolute Gasteiger partial charge is 0.457 e. The fourth-order valence-electron chi connectivity index (χ4n) is 3.57. The second kappa shape index (κ2) is 9.38. The quantitative estimate of drug-likeness (QED) is 0.563. The molecule has 31 heavy (non-hydrogen) atoms. The van der Waals surface area contributed by atoms with Crippen molar-refractivity contribution in [3.05, 3.63) is 95.0 Å². The van der Waals surface area contributed by atoms with Crippen molar-refractivity contribution in [3.63, 3.8) is 0 Å². The van der Waals surface area contributed by atoms with Crippen molar-refractivity contribution in [1.29, 1.82) is 0 Å². The number of hydrogen-bond acceptors (Lipinski definition) is 5. The van der Waals surface area contributed by atoms with Crippen LogP contribution in [0.5, 0.6) is 11.5 Å². The highest BCUT2D eigenvalue weighted by atomic mass is 35.5. The first-order chi connectivity index (χ1) is 14.9. The molecule has 0 aromatic heterocycles. The molecular weight excluding hydrogens is 436 g/mol. The normalized spacial score (nSPS) is 19.4. The SMILES string of the molecule is CN1OCC(S(=O)(=O)NCc2ccccc2)C1c1cccc(Oc2ccc(Cl)cc2)c1. The summed E-state index contributed by atoms with van der Waals surface area (Å²) in [6, 6.07) is 23.4. The van der Waals surface area contributed by atoms with Crippen molar-refractivity contribution >= 4 is 21.6 Å². The van der Waals surface area contributed by atoms with Gasteiger partial charge in [0.2, 0.25) is 10.0 Å². The Morgan fingerprint density at radius 2 is 1.77 bits per heavy atom. The van der Waals surface area contributed by atoms with Crippen LogP contribution in [0.2, 0.25) is 5.02 Å². The van der Waals surface area contributed by atoms with Crippen LogP contribution in [0.25, 0.3) is 0 Å². The summed E-state index contributed by atoms with van der Waals surface area (Å²) in [6.45, 7) is 0.309. The van der Waals surface area contributed by atoms with Gasteiger partial charge in [0.25, 0.3) is 0 Å². The van der Waals surface area contributed by atoms with Crippen LogP contribution in [0, 0.1) is 0 Å². The van der Waals surface area contributed by atoms with E-state index in [9.17, 15) is 8.42 Å². The van der Waals surface area contributed by atoms with Gasteiger partial charge in [-0.15, -0.1) is 0 Å². The number of halogens is 1. The molecule has 4 rings (SSSR count). The van der Waals surface area contributed by atoms with Crippen molar-refractivity contribution in [2.75, 3.05) is 13.7 Å². The zero-order valence-electron chi connectivity index (χ0n) is 16.9. The lowest BCUT2D eigenvalue weighted by molar-refractivity contribution is -0.110. The first-order valence-electron chi connectivity index (χ1n) is 9.84. The number of sulfonamides is 1. The van der Waals surface area contributed by atoms with Gasteiger partial charge in [-0.3, -0.25) is 4.84 Å². The van der Waals surface area contributed by atoms with E-state index in [2.05, 4.69) is 4.72 Å². The molecule has 0 radical (unpaired) electrons. The Labute approximate surface area is 187 Å². The number of hydrogen-bond donors (Lipinski definition) is 1. The van der Waals surface area contributed by atoms with E-state index in [-0.39, 0.29) is 13.2 Å². The molecule has 0 aliphatic carbocycles. The molecule has 1 N–H and O–H groups in total. The van der Waals surface area contributed by atoms with Gasteiger partial charge >= 0.3 is 0 Å². The molecule has 1 heterocycles. The van der Waals surface area contributed by atoms with Gasteiger partial charge in [0, 0.05) is 18.6 Å². The van der Waals surface area contributed by atoms with E-state index in [1.54, 1.807) is 36.4 Å². The molecule has 3 aromatic rings. The summed E-state index contributed by atoms with van der Waals surface area (Å²) in [7, 11) is -1.90. The Morgan fingerprint density at radius 1 is 1.03 bits per heavy atom. The Bertz CT molecular complexity index is 1120. The highest BCUT2D eigenvalue weighted by Crippen LogP contribution is 2.35. The Kier molecular flexibility index (Phi) is 6.60. The number of benzene rings is 3. The van der Waals surface area contributed by atoms with E-state index < -0.39 is 21.3 Å². The van der Waals surface area contributed by atoms with E-state index in [0.717, 1.165) is 11.1 Å². The minimum atomic E-state index is -3.64. The van der Waals surface area contributed by atoms with Crippen LogP contribution in [0.3, 0.4) is 0 Å². The van der Waals surface area contributed by atoms with Gasteiger partial charge in [0.1, 0.15) is 16.7 Å². The molecule has 8 heteroatoms. The molecule has 0 spiro atoms. The third kappa shape index (κ3) is 5.26. The zero-order valence-corrected chi connectivity index (χ0v) is 18.5. The first-order valence-corrected chi connectivity index (χ1v) is 11.8. The molecule has 2 atom stereocenters. The van der Waals surface area contributed by atoms with Gasteiger partial charge in [0.05, 0.1) is 12.6 Å². The van der Waals surface area contributed by atoms with Crippen LogP contribution in [-0.4, -0.2) is 32.4 Å². The summed E-state index contributed by atoms with van der Waals surface area (Å²) >= 11 is 5.93. The fraction of sp³-hybridized carbons (Fsp3) is 0.217. The Hall–Kier alpha value is -2.42. The molecule has 1 aliphatic heterocycles. The number of ether oxygens (including phenoxy) is 1. The Balaban J connectivity index is 1.53. The van der Waals surface area contributed by atoms with Crippen LogP contribution in [0.4, 0.5) is 0 Å². The second-order valence-electron chi connectivity index (χ2n) is 7.31. The second-order valence-corrected chi connectivity index (χ2v) is 9.73. The van der Waals surface area contributed by atoms with Crippen LogP contribution in [-0.2, 0) is 21.4 Å². The van der Waals surface area contributed by atoms with E-state index in [1.807, 2.05) is 54.6 Å². The first kappa shape index (κ1) is 21.8. The predicted molar refractivity (Wildman–Crippen MR) is 120 cm³/mol. The lowest BCUT2D eigenvalue weighted by atomic mass is 10.0. The van der Waals surface area contributed by atoms with E-state index >= 15 is 0 Å². The minimum absolute atomic E-state index is 0.0769. The van der Waals surface area contributed by atoms with E-state index in [4.69, 9.17) is 21.2 Å². The smallest absolute Gasteiger partial charge is 0.219 e. The summed E-state index contributed by atoms with van der Waals surface area (Å²) in [5, 5.41) is 1.46. The van der Waals surface area contributed by atoms with Gasteiger partial charge in [0.15, 0.2) is 0 Å². The Morgan fingerprint density at radius 3 is 2.52 bits per heavy atom. The van der Waals surface area contributed by atoms with Gasteiger partial charge < -0.3 is 4.74 Å². The maximum Gasteiger partial charge on any atom is 0.219 e. The van der Waals surface area contributed by atoms with Gasteiger partial charge in [-0.25, -0.2) is 13.1 Å². The van der Waals surface area contributed by atoms with Crippen LogP contribution >= 0.6 is 11.6 Å². The number of nitrogens with one attached hydrogen (secondary N) is 1. The predicted octanol–water partition coefficient (Wildman–Crippen LogP) is 4.54.